The van der Waals surface area contributed by atoms with Crippen molar-refractivity contribution in [1.29, 1.82) is 0 Å². The van der Waals surface area contributed by atoms with E-state index in [0.29, 0.717) is 16.8 Å². The number of benzene rings is 2. The molecule has 0 saturated carbocycles. The highest BCUT2D eigenvalue weighted by Gasteiger charge is 2.18. The highest BCUT2D eigenvalue weighted by atomic mass is 32.2. The van der Waals surface area contributed by atoms with Gasteiger partial charge in [-0.1, -0.05) is 18.2 Å². The zero-order valence-corrected chi connectivity index (χ0v) is 15.2. The number of carbonyl (C=O) groups excluding carboxylic acids is 1. The van der Waals surface area contributed by atoms with Gasteiger partial charge in [0.25, 0.3) is 15.9 Å². The Bertz CT molecular complexity index is 876. The van der Waals surface area contributed by atoms with E-state index in [0.717, 1.165) is 5.56 Å². The average molecular weight is 362 g/mol. The normalized spacial score (nSPS) is 12.5. The van der Waals surface area contributed by atoms with E-state index in [4.69, 9.17) is 0 Å². The van der Waals surface area contributed by atoms with E-state index in [1.165, 1.54) is 6.07 Å². The van der Waals surface area contributed by atoms with Gasteiger partial charge in [0, 0.05) is 17.8 Å². The van der Waals surface area contributed by atoms with Crippen LogP contribution in [0.5, 0.6) is 0 Å². The highest BCUT2D eigenvalue weighted by molar-refractivity contribution is 7.92. The standard InChI is InChI=1S/C18H22N2O4S/c1-12-7-8-13(2)17(9-12)25(23,24)20-16-6-4-5-15(10-16)18(22)19-11-14(3)21/h4-10,14,20-21H,11H2,1-3H3,(H,19,22)/t14-/m0/s1. The minimum absolute atomic E-state index is 0.122. The Morgan fingerprint density at radius 1 is 1.16 bits per heavy atom. The van der Waals surface area contributed by atoms with Crippen molar-refractivity contribution in [3.8, 4) is 0 Å². The van der Waals surface area contributed by atoms with Gasteiger partial charge in [-0.15, -0.1) is 0 Å². The second-order valence-corrected chi connectivity index (χ2v) is 7.67. The molecule has 25 heavy (non-hydrogen) atoms. The molecule has 7 heteroatoms. The molecule has 2 aromatic carbocycles. The summed E-state index contributed by atoms with van der Waals surface area (Å²) < 4.78 is 27.8. The zero-order valence-electron chi connectivity index (χ0n) is 14.4. The molecule has 1 atom stereocenters. The SMILES string of the molecule is Cc1ccc(C)c(S(=O)(=O)Nc2cccc(C(=O)NC[C@H](C)O)c2)c1. The Hall–Kier alpha value is -2.38. The summed E-state index contributed by atoms with van der Waals surface area (Å²) >= 11 is 0. The lowest BCUT2D eigenvalue weighted by molar-refractivity contribution is 0.0924. The van der Waals surface area contributed by atoms with Gasteiger partial charge >= 0.3 is 0 Å². The molecule has 0 spiro atoms. The monoisotopic (exact) mass is 362 g/mol. The van der Waals surface area contributed by atoms with Crippen molar-refractivity contribution < 1.29 is 18.3 Å². The minimum atomic E-state index is -3.76. The largest absolute Gasteiger partial charge is 0.392 e. The number of anilines is 1. The lowest BCUT2D eigenvalue weighted by Gasteiger charge is -2.12. The van der Waals surface area contributed by atoms with Gasteiger partial charge in [0.2, 0.25) is 0 Å². The molecule has 0 radical (unpaired) electrons. The van der Waals surface area contributed by atoms with Crippen LogP contribution < -0.4 is 10.0 Å². The Morgan fingerprint density at radius 2 is 1.88 bits per heavy atom. The van der Waals surface area contributed by atoms with Crippen LogP contribution in [0.15, 0.2) is 47.4 Å². The second kappa shape index (κ2) is 7.67. The first-order chi connectivity index (χ1) is 11.7. The van der Waals surface area contributed by atoms with E-state index in [9.17, 15) is 18.3 Å². The average Bonchev–Trinajstić information content (AvgIpc) is 2.54. The Labute approximate surface area is 147 Å². The number of carbonyl (C=O) groups is 1. The van der Waals surface area contributed by atoms with Crippen molar-refractivity contribution in [1.82, 2.24) is 5.32 Å². The van der Waals surface area contributed by atoms with Crippen LogP contribution in [0.1, 0.15) is 28.4 Å². The number of nitrogens with one attached hydrogen (secondary N) is 2. The van der Waals surface area contributed by atoms with Crippen molar-refractivity contribution in [2.75, 3.05) is 11.3 Å². The topological polar surface area (TPSA) is 95.5 Å². The van der Waals surface area contributed by atoms with Gasteiger partial charge in [-0.3, -0.25) is 9.52 Å². The third-order valence-corrected chi connectivity index (χ3v) is 5.09. The molecule has 6 nitrogen and oxygen atoms in total. The maximum absolute atomic E-state index is 12.6. The van der Waals surface area contributed by atoms with E-state index >= 15 is 0 Å². The van der Waals surface area contributed by atoms with Gasteiger partial charge in [-0.25, -0.2) is 8.42 Å². The fourth-order valence-corrected chi connectivity index (χ4v) is 3.65. The van der Waals surface area contributed by atoms with Crippen molar-refractivity contribution in [2.45, 2.75) is 31.8 Å². The summed E-state index contributed by atoms with van der Waals surface area (Å²) in [5.41, 5.74) is 2.09. The molecule has 0 aliphatic rings. The van der Waals surface area contributed by atoms with E-state index in [1.807, 2.05) is 13.0 Å². The fraction of sp³-hybridized carbons (Fsp3) is 0.278. The van der Waals surface area contributed by atoms with Crippen molar-refractivity contribution in [2.24, 2.45) is 0 Å². The third kappa shape index (κ3) is 5.04. The molecule has 0 unspecified atom stereocenters. The van der Waals surface area contributed by atoms with Crippen LogP contribution in [0.3, 0.4) is 0 Å². The van der Waals surface area contributed by atoms with E-state index < -0.39 is 16.1 Å². The summed E-state index contributed by atoms with van der Waals surface area (Å²) in [5.74, 6) is -0.381. The molecule has 3 N–H and O–H groups in total. The molecule has 0 saturated heterocycles. The fourth-order valence-electron chi connectivity index (χ4n) is 2.27. The van der Waals surface area contributed by atoms with Crippen molar-refractivity contribution in [3.05, 3.63) is 59.2 Å². The zero-order chi connectivity index (χ0) is 18.6. The van der Waals surface area contributed by atoms with Crippen LogP contribution in [0, 0.1) is 13.8 Å². The Balaban J connectivity index is 2.24. The molecule has 0 heterocycles. The molecule has 2 aromatic rings. The summed E-state index contributed by atoms with van der Waals surface area (Å²) in [6, 6.07) is 11.4. The van der Waals surface area contributed by atoms with Crippen molar-refractivity contribution in [3.63, 3.8) is 0 Å². The molecular formula is C18H22N2O4S. The van der Waals surface area contributed by atoms with Crippen LogP contribution in [0.25, 0.3) is 0 Å². The molecular weight excluding hydrogens is 340 g/mol. The molecule has 0 aromatic heterocycles. The first-order valence-electron chi connectivity index (χ1n) is 7.85. The predicted octanol–water partition coefficient (Wildman–Crippen LogP) is 2.21. The minimum Gasteiger partial charge on any atom is -0.392 e. The van der Waals surface area contributed by atoms with Crippen LogP contribution in [0.2, 0.25) is 0 Å². The predicted molar refractivity (Wildman–Crippen MR) is 97.2 cm³/mol. The number of rotatable bonds is 6. The molecule has 2 rings (SSSR count). The van der Waals surface area contributed by atoms with Gasteiger partial charge in [-0.05, 0) is 56.2 Å². The second-order valence-electron chi connectivity index (χ2n) is 6.01. The van der Waals surface area contributed by atoms with Gasteiger partial charge < -0.3 is 10.4 Å². The van der Waals surface area contributed by atoms with Crippen molar-refractivity contribution >= 4 is 21.6 Å². The number of hydrogen-bond donors (Lipinski definition) is 3. The Kier molecular flexibility index (Phi) is 5.81. The van der Waals surface area contributed by atoms with E-state index in [1.54, 1.807) is 44.2 Å². The molecule has 134 valence electrons. The first-order valence-corrected chi connectivity index (χ1v) is 9.34. The van der Waals surface area contributed by atoms with Crippen LogP contribution >= 0.6 is 0 Å². The summed E-state index contributed by atoms with van der Waals surface area (Å²) in [6.45, 7) is 5.24. The molecule has 0 bridgehead atoms. The molecule has 0 aliphatic carbocycles. The number of aliphatic hydroxyl groups excluding tert-OH is 1. The van der Waals surface area contributed by atoms with E-state index in [2.05, 4.69) is 10.0 Å². The quantitative estimate of drug-likeness (QED) is 0.734. The summed E-state index contributed by atoms with van der Waals surface area (Å²) in [4.78, 5) is 12.2. The number of sulfonamides is 1. The lowest BCUT2D eigenvalue weighted by Crippen LogP contribution is -2.30. The number of hydrogen-bond acceptors (Lipinski definition) is 4. The van der Waals surface area contributed by atoms with Crippen LogP contribution in [-0.4, -0.2) is 32.1 Å². The van der Waals surface area contributed by atoms with E-state index in [-0.39, 0.29) is 17.3 Å². The third-order valence-electron chi connectivity index (χ3n) is 3.57. The lowest BCUT2D eigenvalue weighted by atomic mass is 10.2. The van der Waals surface area contributed by atoms with Crippen LogP contribution in [0.4, 0.5) is 5.69 Å². The van der Waals surface area contributed by atoms with Crippen LogP contribution in [-0.2, 0) is 10.0 Å². The molecule has 0 aliphatic heterocycles. The van der Waals surface area contributed by atoms with Gasteiger partial charge in [0.15, 0.2) is 0 Å². The first kappa shape index (κ1) is 19.0. The summed E-state index contributed by atoms with van der Waals surface area (Å²) in [6.07, 6.45) is -0.657. The maximum atomic E-state index is 12.6. The summed E-state index contributed by atoms with van der Waals surface area (Å²) in [7, 11) is -3.76. The van der Waals surface area contributed by atoms with Gasteiger partial charge in [-0.2, -0.15) is 0 Å². The number of amides is 1. The summed E-state index contributed by atoms with van der Waals surface area (Å²) in [5, 5.41) is 11.8. The van der Waals surface area contributed by atoms with Gasteiger partial charge in [0.1, 0.15) is 0 Å². The maximum Gasteiger partial charge on any atom is 0.262 e. The number of aliphatic hydroxyl groups is 1. The van der Waals surface area contributed by atoms with Gasteiger partial charge in [0.05, 0.1) is 11.0 Å². The highest BCUT2D eigenvalue weighted by Crippen LogP contribution is 2.21. The molecule has 0 fully saturated rings. The number of aryl methyl sites for hydroxylation is 2. The smallest absolute Gasteiger partial charge is 0.262 e. The molecule has 1 amide bonds. The Morgan fingerprint density at radius 3 is 2.56 bits per heavy atom.